The molecule has 2 amide bonds. The molecule has 4 heterocycles. The number of hydrogen-bond donors (Lipinski definition) is 0. The fraction of sp³-hybridized carbons (Fsp3) is 0.567. The standard InChI is InChI=1S/C30H40N4O3/c1-24(35)34-21-27(22-34)29(36)33-16-12-30(13-17-33)11-5-4-7-26-6-2-3-8-28(26)37-19-18-32(23-30)20-25-9-14-31-15-10-25/h2-3,6,8-10,14-15,27H,4-5,7,11-13,16-23H2,1H3. The van der Waals surface area contributed by atoms with Crippen molar-refractivity contribution in [2.75, 3.05) is 45.9 Å². The Balaban J connectivity index is 1.27. The van der Waals surface area contributed by atoms with Crippen LogP contribution in [0.25, 0.3) is 0 Å². The van der Waals surface area contributed by atoms with Gasteiger partial charge in [0.15, 0.2) is 0 Å². The summed E-state index contributed by atoms with van der Waals surface area (Å²) < 4.78 is 6.29. The largest absolute Gasteiger partial charge is 0.492 e. The van der Waals surface area contributed by atoms with E-state index in [4.69, 9.17) is 4.74 Å². The molecular formula is C30H40N4O3. The number of hydrogen-bond acceptors (Lipinski definition) is 5. The van der Waals surface area contributed by atoms with E-state index in [1.165, 1.54) is 24.0 Å². The fourth-order valence-corrected chi connectivity index (χ4v) is 6.22. The zero-order valence-corrected chi connectivity index (χ0v) is 22.1. The van der Waals surface area contributed by atoms with Crippen molar-refractivity contribution in [3.8, 4) is 5.75 Å². The first-order valence-corrected chi connectivity index (χ1v) is 13.9. The molecule has 0 N–H and O–H groups in total. The van der Waals surface area contributed by atoms with Gasteiger partial charge in [-0.2, -0.15) is 0 Å². The summed E-state index contributed by atoms with van der Waals surface area (Å²) in [6.07, 6.45) is 10.4. The van der Waals surface area contributed by atoms with Gasteiger partial charge in [-0.15, -0.1) is 0 Å². The van der Waals surface area contributed by atoms with E-state index in [0.717, 1.165) is 64.2 Å². The van der Waals surface area contributed by atoms with E-state index in [1.807, 2.05) is 12.4 Å². The molecule has 2 aromatic rings. The number of likely N-dealkylation sites (tertiary alicyclic amines) is 2. The van der Waals surface area contributed by atoms with Gasteiger partial charge < -0.3 is 14.5 Å². The summed E-state index contributed by atoms with van der Waals surface area (Å²) in [6, 6.07) is 12.7. The van der Waals surface area contributed by atoms with Gasteiger partial charge in [0, 0.05) is 65.1 Å². The summed E-state index contributed by atoms with van der Waals surface area (Å²) >= 11 is 0. The highest BCUT2D eigenvalue weighted by molar-refractivity contribution is 5.83. The van der Waals surface area contributed by atoms with Gasteiger partial charge in [-0.25, -0.2) is 0 Å². The molecule has 2 saturated heterocycles. The smallest absolute Gasteiger partial charge is 0.229 e. The van der Waals surface area contributed by atoms with E-state index in [1.54, 1.807) is 11.8 Å². The predicted octanol–water partition coefficient (Wildman–Crippen LogP) is 3.78. The van der Waals surface area contributed by atoms with E-state index >= 15 is 0 Å². The Kier molecular flexibility index (Phi) is 8.08. The molecule has 3 aliphatic heterocycles. The van der Waals surface area contributed by atoms with Gasteiger partial charge in [0.05, 0.1) is 5.92 Å². The lowest BCUT2D eigenvalue weighted by molar-refractivity contribution is -0.149. The molecule has 1 spiro atoms. The quantitative estimate of drug-likeness (QED) is 0.637. The lowest BCUT2D eigenvalue weighted by Crippen LogP contribution is -2.57. The van der Waals surface area contributed by atoms with Gasteiger partial charge in [-0.1, -0.05) is 24.6 Å². The maximum absolute atomic E-state index is 13.1. The number of para-hydroxylation sites is 1. The monoisotopic (exact) mass is 504 g/mol. The number of amides is 2. The zero-order valence-electron chi connectivity index (χ0n) is 22.1. The third-order valence-corrected chi connectivity index (χ3v) is 8.57. The van der Waals surface area contributed by atoms with E-state index in [9.17, 15) is 9.59 Å². The van der Waals surface area contributed by atoms with Crippen molar-refractivity contribution in [3.05, 3.63) is 59.9 Å². The second kappa shape index (κ2) is 11.6. The Morgan fingerprint density at radius 1 is 0.973 bits per heavy atom. The van der Waals surface area contributed by atoms with Gasteiger partial charge in [0.2, 0.25) is 11.8 Å². The molecule has 5 rings (SSSR count). The minimum atomic E-state index is -0.0188. The Bertz CT molecular complexity index is 1060. The minimum Gasteiger partial charge on any atom is -0.492 e. The highest BCUT2D eigenvalue weighted by Crippen LogP contribution is 2.39. The van der Waals surface area contributed by atoms with Crippen molar-refractivity contribution >= 4 is 11.8 Å². The van der Waals surface area contributed by atoms with Crippen LogP contribution in [0, 0.1) is 11.3 Å². The van der Waals surface area contributed by atoms with Crippen LogP contribution in [0.5, 0.6) is 5.75 Å². The molecule has 7 nitrogen and oxygen atoms in total. The van der Waals surface area contributed by atoms with Crippen LogP contribution in [0.15, 0.2) is 48.8 Å². The molecular weight excluding hydrogens is 464 g/mol. The van der Waals surface area contributed by atoms with Crippen LogP contribution in [-0.2, 0) is 22.6 Å². The summed E-state index contributed by atoms with van der Waals surface area (Å²) in [7, 11) is 0. The van der Waals surface area contributed by atoms with E-state index in [-0.39, 0.29) is 23.1 Å². The summed E-state index contributed by atoms with van der Waals surface area (Å²) in [5, 5.41) is 0. The number of nitrogens with zero attached hydrogens (tertiary/aromatic N) is 4. The molecule has 0 bridgehead atoms. The third kappa shape index (κ3) is 6.32. The minimum absolute atomic E-state index is 0.0188. The van der Waals surface area contributed by atoms with Crippen molar-refractivity contribution in [2.24, 2.45) is 11.3 Å². The number of piperidine rings is 1. The Hall–Kier alpha value is -2.93. The van der Waals surface area contributed by atoms with Crippen LogP contribution < -0.4 is 4.74 Å². The molecule has 7 heteroatoms. The molecule has 3 aliphatic rings. The van der Waals surface area contributed by atoms with Gasteiger partial charge in [0.25, 0.3) is 0 Å². The predicted molar refractivity (Wildman–Crippen MR) is 143 cm³/mol. The third-order valence-electron chi connectivity index (χ3n) is 8.57. The number of carbonyl (C=O) groups is 2. The summed E-state index contributed by atoms with van der Waals surface area (Å²) in [4.78, 5) is 35.2. The normalized spacial score (nSPS) is 21.2. The van der Waals surface area contributed by atoms with Crippen LogP contribution >= 0.6 is 0 Å². The molecule has 0 unspecified atom stereocenters. The molecule has 37 heavy (non-hydrogen) atoms. The highest BCUT2D eigenvalue weighted by atomic mass is 16.5. The van der Waals surface area contributed by atoms with Crippen molar-refractivity contribution < 1.29 is 14.3 Å². The average molecular weight is 505 g/mol. The first-order valence-electron chi connectivity index (χ1n) is 13.9. The van der Waals surface area contributed by atoms with Crippen LogP contribution in [-0.4, -0.2) is 77.4 Å². The van der Waals surface area contributed by atoms with Crippen molar-refractivity contribution in [3.63, 3.8) is 0 Å². The van der Waals surface area contributed by atoms with Crippen molar-refractivity contribution in [1.29, 1.82) is 0 Å². The number of rotatable bonds is 3. The zero-order chi connectivity index (χ0) is 25.7. The number of pyridine rings is 1. The molecule has 0 atom stereocenters. The Morgan fingerprint density at radius 3 is 2.49 bits per heavy atom. The first-order chi connectivity index (χ1) is 18.0. The fourth-order valence-electron chi connectivity index (χ4n) is 6.22. The molecule has 0 saturated carbocycles. The van der Waals surface area contributed by atoms with Gasteiger partial charge >= 0.3 is 0 Å². The second-order valence-electron chi connectivity index (χ2n) is 11.2. The molecule has 0 radical (unpaired) electrons. The molecule has 1 aromatic carbocycles. The molecule has 198 valence electrons. The summed E-state index contributed by atoms with van der Waals surface area (Å²) in [6.45, 7) is 7.80. The average Bonchev–Trinajstić information content (AvgIpc) is 2.86. The molecule has 1 aromatic heterocycles. The van der Waals surface area contributed by atoms with Gasteiger partial charge in [-0.05, 0) is 66.8 Å². The maximum atomic E-state index is 13.1. The number of fused-ring (bicyclic) bond motifs is 1. The molecule has 0 aliphatic carbocycles. The lowest BCUT2D eigenvalue weighted by atomic mass is 9.73. The number of ether oxygens (including phenoxy) is 1. The number of aromatic nitrogens is 1. The number of carbonyl (C=O) groups excluding carboxylic acids is 2. The summed E-state index contributed by atoms with van der Waals surface area (Å²) in [5.74, 6) is 1.30. The van der Waals surface area contributed by atoms with Crippen LogP contribution in [0.4, 0.5) is 0 Å². The van der Waals surface area contributed by atoms with E-state index in [2.05, 4.69) is 51.2 Å². The maximum Gasteiger partial charge on any atom is 0.229 e. The van der Waals surface area contributed by atoms with Gasteiger partial charge in [-0.3, -0.25) is 19.5 Å². The summed E-state index contributed by atoms with van der Waals surface area (Å²) in [5.41, 5.74) is 2.77. The SMILES string of the molecule is CC(=O)N1CC(C(=O)N2CCC3(CCCCc4ccccc4OCCN(Cc4ccncc4)C3)CC2)C1. The second-order valence-corrected chi connectivity index (χ2v) is 11.2. The van der Waals surface area contributed by atoms with Crippen LogP contribution in [0.3, 0.4) is 0 Å². The number of benzene rings is 1. The highest BCUT2D eigenvalue weighted by Gasteiger charge is 2.41. The Labute approximate surface area is 220 Å². The number of aryl methyl sites for hydroxylation is 1. The van der Waals surface area contributed by atoms with E-state index in [0.29, 0.717) is 19.7 Å². The van der Waals surface area contributed by atoms with Crippen LogP contribution in [0.2, 0.25) is 0 Å². The van der Waals surface area contributed by atoms with Crippen molar-refractivity contribution in [2.45, 2.75) is 52.0 Å². The topological polar surface area (TPSA) is 66.0 Å². The van der Waals surface area contributed by atoms with Crippen LogP contribution in [0.1, 0.15) is 50.2 Å². The van der Waals surface area contributed by atoms with E-state index < -0.39 is 0 Å². The first kappa shape index (κ1) is 25.7. The molecule has 2 fully saturated rings. The Morgan fingerprint density at radius 2 is 1.73 bits per heavy atom. The van der Waals surface area contributed by atoms with Crippen molar-refractivity contribution in [1.82, 2.24) is 19.7 Å². The lowest BCUT2D eigenvalue weighted by Gasteiger charge is -2.47. The van der Waals surface area contributed by atoms with Gasteiger partial charge in [0.1, 0.15) is 12.4 Å².